The fraction of sp³-hybridized carbons (Fsp3) is 0.250. The second-order valence-corrected chi connectivity index (χ2v) is 10.4. The third-order valence-corrected chi connectivity index (χ3v) is 8.40. The maximum Gasteiger partial charge on any atom is 0.417 e. The van der Waals surface area contributed by atoms with Crippen molar-refractivity contribution in [2.24, 2.45) is 0 Å². The highest BCUT2D eigenvalue weighted by atomic mass is 31.1. The molecular weight excluding hydrogens is 661 g/mol. The van der Waals surface area contributed by atoms with Crippen molar-refractivity contribution in [3.05, 3.63) is 88.0 Å². The van der Waals surface area contributed by atoms with E-state index >= 15 is 0 Å². The summed E-state index contributed by atoms with van der Waals surface area (Å²) in [6.07, 6.45) is -36.8. The maximum atomic E-state index is 14.1. The molecule has 236 valence electrons. The molecule has 0 nitrogen and oxygen atoms in total. The molecule has 0 radical (unpaired) electrons. The van der Waals surface area contributed by atoms with Crippen LogP contribution in [-0.2, 0) is 37.1 Å². The lowest BCUT2D eigenvalue weighted by atomic mass is 10.1. The molecule has 3 aromatic carbocycles. The normalized spacial score (nSPS) is 14.0. The lowest BCUT2D eigenvalue weighted by Crippen LogP contribution is -2.40. The predicted molar refractivity (Wildman–Crippen MR) is 115 cm³/mol. The van der Waals surface area contributed by atoms with Crippen molar-refractivity contribution in [2.45, 2.75) is 37.1 Å². The molecule has 0 aliphatic heterocycles. The SMILES string of the molecule is FC(F)(F)c1cccc(C(F)(F)F)c1P(c1c(C(F)(F)F)cccc1C(F)(F)F)c1c(C(F)(F)F)cccc1C(F)(F)F. The summed E-state index contributed by atoms with van der Waals surface area (Å²) in [6, 6.07) is -1.91. The zero-order valence-corrected chi connectivity index (χ0v) is 20.8. The van der Waals surface area contributed by atoms with E-state index in [1.165, 1.54) is 0 Å². The zero-order valence-electron chi connectivity index (χ0n) is 19.9. The molecule has 0 spiro atoms. The molecule has 0 amide bonds. The van der Waals surface area contributed by atoms with Crippen LogP contribution in [0.5, 0.6) is 0 Å². The lowest BCUT2D eigenvalue weighted by molar-refractivity contribution is -0.142. The van der Waals surface area contributed by atoms with Gasteiger partial charge in [-0.15, -0.1) is 0 Å². The van der Waals surface area contributed by atoms with Gasteiger partial charge in [-0.1, -0.05) is 18.2 Å². The van der Waals surface area contributed by atoms with Gasteiger partial charge in [0.1, 0.15) is 0 Å². The molecule has 0 saturated heterocycles. The van der Waals surface area contributed by atoms with Crippen molar-refractivity contribution < 1.29 is 79.0 Å². The van der Waals surface area contributed by atoms with E-state index in [0.29, 0.717) is 0 Å². The van der Waals surface area contributed by atoms with E-state index in [4.69, 9.17) is 0 Å². The van der Waals surface area contributed by atoms with E-state index in [1.807, 2.05) is 0 Å². The Balaban J connectivity index is 2.90. The fourth-order valence-electron chi connectivity index (χ4n) is 4.06. The third-order valence-electron chi connectivity index (χ3n) is 5.61. The molecule has 3 rings (SSSR count). The summed E-state index contributed by atoms with van der Waals surface area (Å²) >= 11 is 0. The monoisotopic (exact) mass is 670 g/mol. The smallest absolute Gasteiger partial charge is 0.166 e. The molecule has 43 heavy (non-hydrogen) atoms. The van der Waals surface area contributed by atoms with Crippen LogP contribution in [0.3, 0.4) is 0 Å². The van der Waals surface area contributed by atoms with Gasteiger partial charge in [-0.3, -0.25) is 0 Å². The maximum absolute atomic E-state index is 14.1. The van der Waals surface area contributed by atoms with Gasteiger partial charge in [0.25, 0.3) is 0 Å². The van der Waals surface area contributed by atoms with Gasteiger partial charge in [-0.2, -0.15) is 79.0 Å². The zero-order chi connectivity index (χ0) is 33.1. The van der Waals surface area contributed by atoms with Crippen LogP contribution < -0.4 is 15.9 Å². The molecule has 0 fully saturated rings. The number of hydrogen-bond donors (Lipinski definition) is 0. The molecule has 0 aliphatic rings. The van der Waals surface area contributed by atoms with Crippen LogP contribution in [0.25, 0.3) is 0 Å². The summed E-state index contributed by atoms with van der Waals surface area (Å²) in [5.74, 6) is 0. The van der Waals surface area contributed by atoms with Crippen LogP contribution in [0.2, 0.25) is 0 Å². The summed E-state index contributed by atoms with van der Waals surface area (Å²) in [5.41, 5.74) is -16.2. The molecule has 19 heteroatoms. The fourth-order valence-corrected chi connectivity index (χ4v) is 7.39. The molecule has 0 atom stereocenters. The predicted octanol–water partition coefficient (Wildman–Crippen LogP) is 9.56. The first-order valence-corrected chi connectivity index (χ1v) is 12.1. The van der Waals surface area contributed by atoms with Crippen molar-refractivity contribution in [3.8, 4) is 0 Å². The molecule has 0 saturated carbocycles. The van der Waals surface area contributed by atoms with Gasteiger partial charge in [-0.05, 0) is 44.3 Å². The van der Waals surface area contributed by atoms with Gasteiger partial charge in [-0.25, -0.2) is 0 Å². The standard InChI is InChI=1S/C24H9F18P/c25-19(26,27)10-4-1-5-11(20(28,29)30)16(10)43(17-12(21(31,32)33)6-2-7-13(17)22(34,35)36)18-14(23(37,38)39)8-3-9-15(18)24(40,41)42/h1-9H. The minimum atomic E-state index is -6.13. The van der Waals surface area contributed by atoms with Crippen molar-refractivity contribution in [2.75, 3.05) is 0 Å². The Morgan fingerprint density at radius 1 is 0.279 bits per heavy atom. The lowest BCUT2D eigenvalue weighted by Gasteiger charge is -2.33. The molecule has 0 aliphatic carbocycles. The molecular formula is C24H9F18P. The van der Waals surface area contributed by atoms with Gasteiger partial charge in [0.05, 0.1) is 33.4 Å². The number of hydrogen-bond acceptors (Lipinski definition) is 0. The minimum Gasteiger partial charge on any atom is -0.166 e. The van der Waals surface area contributed by atoms with Gasteiger partial charge in [0.15, 0.2) is 0 Å². The van der Waals surface area contributed by atoms with Crippen LogP contribution in [-0.4, -0.2) is 0 Å². The Bertz CT molecular complexity index is 1210. The van der Waals surface area contributed by atoms with E-state index in [2.05, 4.69) is 0 Å². The molecule has 0 unspecified atom stereocenters. The Labute approximate surface area is 228 Å². The van der Waals surface area contributed by atoms with E-state index in [9.17, 15) is 79.0 Å². The van der Waals surface area contributed by atoms with E-state index in [0.717, 1.165) is 0 Å². The second kappa shape index (κ2) is 10.8. The van der Waals surface area contributed by atoms with Crippen LogP contribution in [0, 0.1) is 0 Å². The van der Waals surface area contributed by atoms with Gasteiger partial charge >= 0.3 is 37.1 Å². The highest BCUT2D eigenvalue weighted by Crippen LogP contribution is 2.52. The van der Waals surface area contributed by atoms with Crippen molar-refractivity contribution in [3.63, 3.8) is 0 Å². The molecule has 3 aromatic rings. The summed E-state index contributed by atoms with van der Waals surface area (Å²) < 4.78 is 254. The first kappa shape index (κ1) is 34.3. The quantitative estimate of drug-likeness (QED) is 0.193. The Hall–Kier alpha value is -3.17. The van der Waals surface area contributed by atoms with Crippen LogP contribution >= 0.6 is 7.92 Å². The summed E-state index contributed by atoms with van der Waals surface area (Å²) in [5, 5.41) is -8.04. The van der Waals surface area contributed by atoms with Gasteiger partial charge < -0.3 is 0 Å². The Morgan fingerprint density at radius 3 is 0.535 bits per heavy atom. The third kappa shape index (κ3) is 6.99. The molecule has 0 N–H and O–H groups in total. The van der Waals surface area contributed by atoms with Crippen LogP contribution in [0.15, 0.2) is 54.6 Å². The summed E-state index contributed by atoms with van der Waals surface area (Å²) in [4.78, 5) is 0. The number of benzene rings is 3. The van der Waals surface area contributed by atoms with Crippen LogP contribution in [0.1, 0.15) is 33.4 Å². The van der Waals surface area contributed by atoms with Gasteiger partial charge in [0, 0.05) is 15.9 Å². The second-order valence-electron chi connectivity index (χ2n) is 8.43. The van der Waals surface area contributed by atoms with Crippen molar-refractivity contribution in [1.82, 2.24) is 0 Å². The van der Waals surface area contributed by atoms with Crippen molar-refractivity contribution >= 4 is 23.8 Å². The largest absolute Gasteiger partial charge is 0.417 e. The molecule has 0 bridgehead atoms. The first-order chi connectivity index (χ1) is 19.2. The van der Waals surface area contributed by atoms with E-state index in [-0.39, 0.29) is 54.6 Å². The molecule has 0 aromatic heterocycles. The summed E-state index contributed by atoms with van der Waals surface area (Å²) in [7, 11) is -5.28. The number of alkyl halides is 18. The van der Waals surface area contributed by atoms with E-state index < -0.39 is 94.3 Å². The average Bonchev–Trinajstić information content (AvgIpc) is 2.80. The topological polar surface area (TPSA) is 0 Å². The Morgan fingerprint density at radius 2 is 0.419 bits per heavy atom. The average molecular weight is 670 g/mol. The van der Waals surface area contributed by atoms with E-state index in [1.54, 1.807) is 0 Å². The summed E-state index contributed by atoms with van der Waals surface area (Å²) in [6.45, 7) is 0. The number of rotatable bonds is 3. The van der Waals surface area contributed by atoms with Crippen molar-refractivity contribution in [1.29, 1.82) is 0 Å². The highest BCUT2D eigenvalue weighted by Gasteiger charge is 2.52. The van der Waals surface area contributed by atoms with Gasteiger partial charge in [0.2, 0.25) is 0 Å². The highest BCUT2D eigenvalue weighted by molar-refractivity contribution is 7.80. The number of halogens is 18. The van der Waals surface area contributed by atoms with Crippen LogP contribution in [0.4, 0.5) is 79.0 Å². The molecule has 0 heterocycles. The minimum absolute atomic E-state index is 0.0106. The Kier molecular flexibility index (Phi) is 8.60. The first-order valence-electron chi connectivity index (χ1n) is 10.8.